The van der Waals surface area contributed by atoms with Crippen LogP contribution in [0.4, 0.5) is 13.2 Å². The van der Waals surface area contributed by atoms with E-state index in [4.69, 9.17) is 9.90 Å². The molecule has 13 heteroatoms. The number of hydrogen-bond acceptors (Lipinski definition) is 6. The molecule has 1 saturated carbocycles. The van der Waals surface area contributed by atoms with Gasteiger partial charge in [-0.3, -0.25) is 14.3 Å². The van der Waals surface area contributed by atoms with Crippen LogP contribution in [0, 0.1) is 0 Å². The number of aromatic amines is 1. The van der Waals surface area contributed by atoms with Gasteiger partial charge in [-0.05, 0) is 37.5 Å². The molecule has 2 fully saturated rings. The fourth-order valence-electron chi connectivity index (χ4n) is 4.85. The molecule has 37 heavy (non-hydrogen) atoms. The number of nitrogens with one attached hydrogen (secondary N) is 1. The van der Waals surface area contributed by atoms with Crippen molar-refractivity contribution in [2.75, 3.05) is 26.2 Å². The summed E-state index contributed by atoms with van der Waals surface area (Å²) in [4.78, 5) is 46.2. The number of rotatable bonds is 4. The molecular weight excluding hydrogens is 511 g/mol. The Balaban J connectivity index is 0.000000405. The van der Waals surface area contributed by atoms with E-state index in [2.05, 4.69) is 20.2 Å². The average Bonchev–Trinajstić information content (AvgIpc) is 3.57. The summed E-state index contributed by atoms with van der Waals surface area (Å²) in [6, 6.07) is 5.94. The van der Waals surface area contributed by atoms with Crippen molar-refractivity contribution in [3.05, 3.63) is 50.8 Å². The number of alkyl halides is 3. The topological polar surface area (TPSA) is 112 Å². The summed E-state index contributed by atoms with van der Waals surface area (Å²) in [5, 5.41) is 9.21. The third-order valence-electron chi connectivity index (χ3n) is 6.64. The van der Waals surface area contributed by atoms with Crippen LogP contribution in [0.3, 0.4) is 0 Å². The molecule has 3 heterocycles. The van der Waals surface area contributed by atoms with E-state index in [1.807, 2.05) is 33.2 Å². The van der Waals surface area contributed by atoms with Gasteiger partial charge in [0.1, 0.15) is 0 Å². The second kappa shape index (κ2) is 11.5. The Morgan fingerprint density at radius 3 is 2.49 bits per heavy atom. The van der Waals surface area contributed by atoms with Crippen molar-refractivity contribution in [3.8, 4) is 0 Å². The van der Waals surface area contributed by atoms with Gasteiger partial charge in [-0.1, -0.05) is 12.8 Å². The fourth-order valence-corrected chi connectivity index (χ4v) is 5.40. The Hall–Kier alpha value is -3.19. The largest absolute Gasteiger partial charge is 0.490 e. The van der Waals surface area contributed by atoms with Gasteiger partial charge in [0, 0.05) is 49.7 Å². The van der Waals surface area contributed by atoms with Crippen molar-refractivity contribution in [1.29, 1.82) is 0 Å². The van der Waals surface area contributed by atoms with Gasteiger partial charge in [0.15, 0.2) is 0 Å². The number of aromatic nitrogens is 3. The van der Waals surface area contributed by atoms with Crippen LogP contribution in [0.2, 0.25) is 0 Å². The number of amides is 1. The number of benzene rings is 1. The van der Waals surface area contributed by atoms with Gasteiger partial charge in [0.25, 0.3) is 5.91 Å². The third kappa shape index (κ3) is 6.58. The van der Waals surface area contributed by atoms with Gasteiger partial charge >= 0.3 is 17.8 Å². The second-order valence-corrected chi connectivity index (χ2v) is 9.89. The van der Waals surface area contributed by atoms with E-state index >= 15 is 0 Å². The lowest BCUT2D eigenvalue weighted by molar-refractivity contribution is -0.192. The van der Waals surface area contributed by atoms with Crippen LogP contribution in [0.5, 0.6) is 0 Å². The van der Waals surface area contributed by atoms with Crippen LogP contribution in [0.1, 0.15) is 54.2 Å². The van der Waals surface area contributed by atoms with Gasteiger partial charge in [0.05, 0.1) is 22.2 Å². The van der Waals surface area contributed by atoms with E-state index in [-0.39, 0.29) is 17.6 Å². The van der Waals surface area contributed by atoms with E-state index < -0.39 is 12.1 Å². The van der Waals surface area contributed by atoms with Crippen molar-refractivity contribution in [2.45, 2.75) is 50.9 Å². The molecule has 0 radical (unpaired) electrons. The minimum atomic E-state index is -5.08. The quantitative estimate of drug-likeness (QED) is 0.521. The summed E-state index contributed by atoms with van der Waals surface area (Å²) in [6.45, 7) is 4.12. The van der Waals surface area contributed by atoms with E-state index in [0.29, 0.717) is 12.1 Å². The van der Waals surface area contributed by atoms with Crippen molar-refractivity contribution in [1.82, 2.24) is 24.3 Å². The number of halogens is 3. The number of hydrogen-bond donors (Lipinski definition) is 2. The van der Waals surface area contributed by atoms with Crippen LogP contribution in [-0.4, -0.2) is 73.7 Å². The number of carbonyl (C=O) groups is 2. The smallest absolute Gasteiger partial charge is 0.475 e. The molecule has 1 aromatic carbocycles. The van der Waals surface area contributed by atoms with Gasteiger partial charge in [-0.15, -0.1) is 11.3 Å². The van der Waals surface area contributed by atoms with E-state index in [9.17, 15) is 22.8 Å². The molecule has 0 bridgehead atoms. The predicted molar refractivity (Wildman–Crippen MR) is 132 cm³/mol. The zero-order valence-electron chi connectivity index (χ0n) is 20.0. The number of aliphatic carboxylic acids is 1. The van der Waals surface area contributed by atoms with Crippen molar-refractivity contribution < 1.29 is 27.9 Å². The molecule has 5 rings (SSSR count). The molecule has 0 spiro atoms. The average molecular weight is 540 g/mol. The maximum absolute atomic E-state index is 13.2. The highest BCUT2D eigenvalue weighted by molar-refractivity contribution is 7.07. The molecule has 1 aliphatic carbocycles. The number of nitrogens with zero attached hydrogens (tertiary/aromatic N) is 4. The highest BCUT2D eigenvalue weighted by Gasteiger charge is 2.38. The molecule has 200 valence electrons. The van der Waals surface area contributed by atoms with Crippen LogP contribution >= 0.6 is 11.3 Å². The molecule has 1 amide bonds. The minimum Gasteiger partial charge on any atom is -0.475 e. The van der Waals surface area contributed by atoms with E-state index in [1.54, 1.807) is 11.3 Å². The number of carbonyl (C=O) groups excluding carboxylic acids is 1. The Bertz CT molecular complexity index is 1280. The summed E-state index contributed by atoms with van der Waals surface area (Å²) in [7, 11) is 0. The molecule has 1 aliphatic heterocycles. The molecule has 3 aromatic rings. The highest BCUT2D eigenvalue weighted by Crippen LogP contribution is 2.31. The molecule has 2 N–H and O–H groups in total. The first-order valence-electron chi connectivity index (χ1n) is 12.1. The summed E-state index contributed by atoms with van der Waals surface area (Å²) >= 11 is 1.62. The van der Waals surface area contributed by atoms with Crippen LogP contribution < -0.4 is 5.69 Å². The lowest BCUT2D eigenvalue weighted by Crippen LogP contribution is -2.35. The normalized spacial score (nSPS) is 17.4. The molecule has 0 atom stereocenters. The first-order valence-corrected chi connectivity index (χ1v) is 13.0. The molecular formula is C24H28F3N5O4S. The fraction of sp³-hybridized carbons (Fsp3) is 0.500. The Morgan fingerprint density at radius 2 is 1.84 bits per heavy atom. The third-order valence-corrected chi connectivity index (χ3v) is 7.28. The summed E-state index contributed by atoms with van der Waals surface area (Å²) < 4.78 is 33.6. The van der Waals surface area contributed by atoms with E-state index in [0.717, 1.165) is 62.2 Å². The number of imidazole rings is 1. The van der Waals surface area contributed by atoms with Gasteiger partial charge in [-0.2, -0.15) is 13.2 Å². The minimum absolute atomic E-state index is 0.0434. The molecule has 2 aromatic heterocycles. The maximum Gasteiger partial charge on any atom is 0.490 e. The van der Waals surface area contributed by atoms with Gasteiger partial charge < -0.3 is 15.0 Å². The Morgan fingerprint density at radius 1 is 1.11 bits per heavy atom. The van der Waals surface area contributed by atoms with E-state index in [1.165, 1.54) is 12.8 Å². The first kappa shape index (κ1) is 26.9. The Labute approximate surface area is 214 Å². The number of thiazole rings is 1. The first-order chi connectivity index (χ1) is 17.6. The van der Waals surface area contributed by atoms with Crippen molar-refractivity contribution >= 4 is 34.2 Å². The Kier molecular flexibility index (Phi) is 8.32. The molecule has 0 unspecified atom stereocenters. The zero-order chi connectivity index (χ0) is 26.6. The summed E-state index contributed by atoms with van der Waals surface area (Å²) in [5.74, 6) is -2.71. The van der Waals surface area contributed by atoms with Crippen LogP contribution in [0.15, 0.2) is 33.9 Å². The standard InChI is InChI=1S/C22H27N5O2S.C2HF3O2/c28-21(26-9-3-8-25(10-11-26)13-17-14-30-15-23-17)16-6-7-20-19(12-16)24-22(29)27(20)18-4-1-2-5-18;3-2(4,5)1(6)7/h6-7,12,14-15,18H,1-5,8-11,13H2,(H,24,29);(H,6,7). The zero-order valence-corrected chi connectivity index (χ0v) is 20.9. The van der Waals surface area contributed by atoms with Crippen molar-refractivity contribution in [2.24, 2.45) is 0 Å². The maximum atomic E-state index is 13.2. The molecule has 1 saturated heterocycles. The monoisotopic (exact) mass is 539 g/mol. The van der Waals surface area contributed by atoms with Crippen LogP contribution in [0.25, 0.3) is 11.0 Å². The summed E-state index contributed by atoms with van der Waals surface area (Å²) in [6.07, 6.45) is 0.327. The number of H-pyrrole nitrogens is 1. The lowest BCUT2D eigenvalue weighted by atomic mass is 10.1. The lowest BCUT2D eigenvalue weighted by Gasteiger charge is -2.21. The summed E-state index contributed by atoms with van der Waals surface area (Å²) in [5.41, 5.74) is 5.22. The van der Waals surface area contributed by atoms with Gasteiger partial charge in [-0.25, -0.2) is 14.6 Å². The van der Waals surface area contributed by atoms with Crippen molar-refractivity contribution in [3.63, 3.8) is 0 Å². The molecule has 9 nitrogen and oxygen atoms in total. The number of fused-ring (bicyclic) bond motifs is 1. The predicted octanol–water partition coefficient (Wildman–Crippen LogP) is 3.88. The second-order valence-electron chi connectivity index (χ2n) is 9.17. The van der Waals surface area contributed by atoms with Gasteiger partial charge in [0.2, 0.25) is 0 Å². The number of carboxylic acids is 1. The highest BCUT2D eigenvalue weighted by atomic mass is 32.1. The number of carboxylic acid groups (broad SMARTS) is 1. The molecule has 2 aliphatic rings. The van der Waals surface area contributed by atoms with Crippen LogP contribution in [-0.2, 0) is 11.3 Å². The SMILES string of the molecule is O=C(O)C(F)(F)F.O=C(c1ccc2c(c1)[nH]c(=O)n2C1CCCC1)N1CCCN(Cc2cscn2)CC1.